The van der Waals surface area contributed by atoms with Gasteiger partial charge in [0, 0.05) is 37.4 Å². The van der Waals surface area contributed by atoms with Gasteiger partial charge in [0.15, 0.2) is 0 Å². The first-order valence-electron chi connectivity index (χ1n) is 21.6. The predicted octanol–water partition coefficient (Wildman–Crippen LogP) is 15.4. The zero-order valence-electron chi connectivity index (χ0n) is 35.0. The van der Waals surface area contributed by atoms with E-state index < -0.39 is 5.41 Å². The van der Waals surface area contributed by atoms with Gasteiger partial charge in [-0.25, -0.2) is 0 Å². The highest BCUT2D eigenvalue weighted by atomic mass is 32.1. The summed E-state index contributed by atoms with van der Waals surface area (Å²) >= 11 is 1.70. The molecule has 2 aliphatic rings. The van der Waals surface area contributed by atoms with Gasteiger partial charge in [0.05, 0.1) is 32.7 Å². The molecule has 0 atom stereocenters. The fourth-order valence-electron chi connectivity index (χ4n) is 10.2. The van der Waals surface area contributed by atoms with Crippen molar-refractivity contribution in [3.05, 3.63) is 222 Å². The van der Waals surface area contributed by atoms with Crippen LogP contribution >= 0.6 is 11.3 Å². The molecule has 0 N–H and O–H groups in total. The molecule has 2 nitrogen and oxygen atoms in total. The zero-order valence-corrected chi connectivity index (χ0v) is 31.8. The fraction of sp³-hybridized carbons (Fsp3) is 0.0182. The van der Waals surface area contributed by atoms with Crippen molar-refractivity contribution < 1.29 is 9.90 Å². The van der Waals surface area contributed by atoms with Gasteiger partial charge in [-0.15, -0.1) is 11.3 Å². The van der Waals surface area contributed by atoms with Gasteiger partial charge in [0.25, 0.3) is 0 Å². The second kappa shape index (κ2) is 11.9. The highest BCUT2D eigenvalue weighted by molar-refractivity contribution is 7.26. The molecule has 2 aliphatic carbocycles. The van der Waals surface area contributed by atoms with Crippen LogP contribution in [0.5, 0.6) is 0 Å². The van der Waals surface area contributed by atoms with E-state index in [9.17, 15) is 5.48 Å². The smallest absolute Gasteiger partial charge is 0.136 e. The Kier molecular flexibility index (Phi) is 5.80. The van der Waals surface area contributed by atoms with Crippen LogP contribution < -0.4 is 4.90 Å². The zero-order chi connectivity index (χ0) is 41.4. The number of nitrogens with zero attached hydrogens (tertiary/aromatic N) is 1. The topological polar surface area (TPSA) is 16.4 Å². The lowest BCUT2D eigenvalue weighted by Crippen LogP contribution is -2.26. The molecular weight excluding hydrogens is 723 g/mol. The van der Waals surface area contributed by atoms with E-state index in [1.165, 1.54) is 27.8 Å². The number of rotatable bonds is 4. The van der Waals surface area contributed by atoms with Crippen LogP contribution in [0.3, 0.4) is 0 Å². The van der Waals surface area contributed by atoms with E-state index >= 15 is 0 Å². The van der Waals surface area contributed by atoms with Gasteiger partial charge in [-0.05, 0) is 80.9 Å². The van der Waals surface area contributed by atoms with Gasteiger partial charge in [-0.2, -0.15) is 0 Å². The minimum Gasteiger partial charge on any atom is -0.456 e. The maximum atomic E-state index is 10.0. The van der Waals surface area contributed by atoms with E-state index in [1.807, 2.05) is 42.5 Å². The van der Waals surface area contributed by atoms with Crippen molar-refractivity contribution in [2.45, 2.75) is 5.41 Å². The molecule has 0 fully saturated rings. The normalized spacial score (nSPS) is 14.3. The Labute approximate surface area is 345 Å². The number of hydrogen-bond donors (Lipinski definition) is 0. The van der Waals surface area contributed by atoms with Crippen molar-refractivity contribution in [3.8, 4) is 33.4 Å². The van der Waals surface area contributed by atoms with Crippen molar-refractivity contribution in [2.75, 3.05) is 4.90 Å². The van der Waals surface area contributed by atoms with Crippen LogP contribution in [0.2, 0.25) is 0 Å². The van der Waals surface area contributed by atoms with Crippen LogP contribution in [0.25, 0.3) is 75.5 Å². The maximum absolute atomic E-state index is 10.0. The Bertz CT molecular complexity index is 3690. The van der Waals surface area contributed by atoms with E-state index in [1.54, 1.807) is 11.3 Å². The van der Waals surface area contributed by atoms with Crippen LogP contribution in [0.15, 0.2) is 205 Å². The van der Waals surface area contributed by atoms with Gasteiger partial charge in [-0.1, -0.05) is 164 Å². The number of furan rings is 1. The van der Waals surface area contributed by atoms with Crippen LogP contribution in [0, 0.1) is 0 Å². The summed E-state index contributed by atoms with van der Waals surface area (Å²) < 4.78 is 47.0. The average Bonchev–Trinajstić information content (AvgIpc) is 4.06. The molecule has 0 amide bonds. The Morgan fingerprint density at radius 3 is 1.83 bits per heavy atom. The minimum atomic E-state index is -0.620. The highest BCUT2D eigenvalue weighted by Gasteiger charge is 2.52. The number of benzene rings is 9. The van der Waals surface area contributed by atoms with Gasteiger partial charge >= 0.3 is 0 Å². The lowest BCUT2D eigenvalue weighted by Gasteiger charge is -2.32. The van der Waals surface area contributed by atoms with Gasteiger partial charge in [0.2, 0.25) is 0 Å². The van der Waals surface area contributed by atoms with E-state index in [4.69, 9.17) is 4.42 Å². The Morgan fingerprint density at radius 1 is 0.431 bits per heavy atom. The molecule has 13 rings (SSSR count). The SMILES string of the molecule is [2H]c1c([2H])c([2H])c(N(c2cccc3c2-c2ccccc2C32c3ccccc3-c3ccccc32)c2cccc3c2sc2ccccc23)c(-c2cccc3oc4ccccc4c23)c1[2H]. The Hall–Kier alpha value is -7.20. The molecule has 0 aliphatic heterocycles. The number of hydrogen-bond acceptors (Lipinski definition) is 3. The largest absolute Gasteiger partial charge is 0.456 e. The predicted molar refractivity (Wildman–Crippen MR) is 243 cm³/mol. The standard InChI is InChI=1S/C55H33NOS/c1-7-24-42-34(16-1)35-17-2-8-25-43(35)55(42)44-26-9-3-20-40(44)53-45(55)27-15-29-47(53)56(48-30-13-23-39-37-19-6-12-33-51(37)58-54(39)48)46-28-10-4-18-36(46)38-22-14-32-50-52(38)41-21-5-11-31-49(41)57-50/h1-33H/i4D,10D,18D,28D. The van der Waals surface area contributed by atoms with Gasteiger partial charge in [0.1, 0.15) is 11.2 Å². The fourth-order valence-corrected chi connectivity index (χ4v) is 11.4. The molecule has 58 heavy (non-hydrogen) atoms. The summed E-state index contributed by atoms with van der Waals surface area (Å²) in [6.07, 6.45) is 0. The highest BCUT2D eigenvalue weighted by Crippen LogP contribution is 2.65. The van der Waals surface area contributed by atoms with E-state index in [2.05, 4.69) is 138 Å². The molecule has 3 heteroatoms. The lowest BCUT2D eigenvalue weighted by molar-refractivity contribution is 0.669. The van der Waals surface area contributed by atoms with Crippen molar-refractivity contribution in [1.82, 2.24) is 0 Å². The first kappa shape index (κ1) is 28.2. The van der Waals surface area contributed by atoms with Crippen LogP contribution in [-0.4, -0.2) is 0 Å². The molecule has 0 unspecified atom stereocenters. The molecule has 0 saturated heterocycles. The molecule has 1 spiro atoms. The summed E-state index contributed by atoms with van der Waals surface area (Å²) in [5, 5.41) is 3.91. The lowest BCUT2D eigenvalue weighted by atomic mass is 9.70. The number of para-hydroxylation sites is 2. The summed E-state index contributed by atoms with van der Waals surface area (Å²) in [6.45, 7) is 0. The summed E-state index contributed by atoms with van der Waals surface area (Å²) in [5.74, 6) is 0. The third-order valence-corrected chi connectivity index (χ3v) is 13.6. The van der Waals surface area contributed by atoms with Gasteiger partial charge in [-0.3, -0.25) is 0 Å². The molecule has 0 bridgehead atoms. The molecule has 9 aromatic carbocycles. The van der Waals surface area contributed by atoms with Crippen molar-refractivity contribution >= 4 is 70.5 Å². The number of fused-ring (bicyclic) bond motifs is 16. The third-order valence-electron chi connectivity index (χ3n) is 12.4. The molecule has 270 valence electrons. The van der Waals surface area contributed by atoms with Crippen molar-refractivity contribution in [1.29, 1.82) is 0 Å². The minimum absolute atomic E-state index is 0.115. The first-order valence-corrected chi connectivity index (χ1v) is 20.4. The quantitative estimate of drug-likeness (QED) is 0.178. The molecule has 0 saturated carbocycles. The molecule has 2 aromatic heterocycles. The average molecular weight is 760 g/mol. The van der Waals surface area contributed by atoms with Crippen LogP contribution in [0.1, 0.15) is 27.7 Å². The van der Waals surface area contributed by atoms with E-state index in [0.717, 1.165) is 59.0 Å². The second-order valence-electron chi connectivity index (χ2n) is 15.2. The van der Waals surface area contributed by atoms with Gasteiger partial charge < -0.3 is 9.32 Å². The number of thiophene rings is 1. The Morgan fingerprint density at radius 2 is 1.00 bits per heavy atom. The number of anilines is 3. The second-order valence-corrected chi connectivity index (χ2v) is 16.2. The van der Waals surface area contributed by atoms with Crippen molar-refractivity contribution in [2.24, 2.45) is 0 Å². The summed E-state index contributed by atoms with van der Waals surface area (Å²) in [6, 6.07) is 60.4. The van der Waals surface area contributed by atoms with E-state index in [-0.39, 0.29) is 24.2 Å². The molecule has 0 radical (unpaired) electrons. The molecular formula is C55H33NOS. The van der Waals surface area contributed by atoms with Crippen molar-refractivity contribution in [3.63, 3.8) is 0 Å². The van der Waals surface area contributed by atoms with Crippen LogP contribution in [0.4, 0.5) is 17.1 Å². The Balaban J connectivity index is 1.21. The third kappa shape index (κ3) is 4.11. The molecule has 2 heterocycles. The summed E-state index contributed by atoms with van der Waals surface area (Å²) in [5.41, 5.74) is 13.2. The van der Waals surface area contributed by atoms with E-state index in [0.29, 0.717) is 28.0 Å². The summed E-state index contributed by atoms with van der Waals surface area (Å²) in [7, 11) is 0. The summed E-state index contributed by atoms with van der Waals surface area (Å²) in [4.78, 5) is 2.15. The maximum Gasteiger partial charge on any atom is 0.136 e. The molecule has 11 aromatic rings. The first-order chi connectivity index (χ1) is 30.5. The monoisotopic (exact) mass is 759 g/mol. The van der Waals surface area contributed by atoms with Crippen LogP contribution in [-0.2, 0) is 5.41 Å².